The number of thioether (sulfide) groups is 1. The summed E-state index contributed by atoms with van der Waals surface area (Å²) in [5, 5.41) is 9.64. The van der Waals surface area contributed by atoms with Crippen LogP contribution in [0.2, 0.25) is 0 Å². The molecule has 2 aliphatic heterocycles. The van der Waals surface area contributed by atoms with Gasteiger partial charge in [0.25, 0.3) is 5.91 Å². The third-order valence-corrected chi connectivity index (χ3v) is 7.34. The van der Waals surface area contributed by atoms with E-state index in [0.29, 0.717) is 11.6 Å². The number of para-hydroxylation sites is 1. The largest absolute Gasteiger partial charge is 0.326 e. The molecule has 5 rings (SSSR count). The number of nitrogens with one attached hydrogen (secondary N) is 1. The summed E-state index contributed by atoms with van der Waals surface area (Å²) in [5.74, 6) is -0.498. The number of hydrogen-bond acceptors (Lipinski definition) is 5. The first-order valence-corrected chi connectivity index (χ1v) is 12.5. The van der Waals surface area contributed by atoms with Crippen LogP contribution in [0.15, 0.2) is 89.0 Å². The van der Waals surface area contributed by atoms with Crippen LogP contribution < -0.4 is 5.32 Å². The minimum atomic E-state index is -0.566. The Labute approximate surface area is 209 Å². The highest BCUT2D eigenvalue weighted by Crippen LogP contribution is 2.38. The number of nitrogens with zero attached hydrogens (tertiary/aromatic N) is 3. The number of hydrogen-bond donors (Lipinski definition) is 1. The molecule has 0 aromatic heterocycles. The summed E-state index contributed by atoms with van der Waals surface area (Å²) < 4.78 is 0. The molecule has 0 saturated heterocycles. The average molecular weight is 483 g/mol. The average Bonchev–Trinajstić information content (AvgIpc) is 3.46. The number of amidine groups is 1. The van der Waals surface area contributed by atoms with Crippen molar-refractivity contribution in [3.8, 4) is 0 Å². The molecule has 0 radical (unpaired) electrons. The van der Waals surface area contributed by atoms with Gasteiger partial charge in [-0.15, -0.1) is 0 Å². The molecular formula is C28H26N4O2S. The molecule has 3 aromatic carbocycles. The zero-order chi connectivity index (χ0) is 24.4. The van der Waals surface area contributed by atoms with Gasteiger partial charge in [0.2, 0.25) is 5.91 Å². The minimum absolute atomic E-state index is 0.0587. The Kier molecular flexibility index (Phi) is 6.51. The summed E-state index contributed by atoms with van der Waals surface area (Å²) in [6.07, 6.45) is 0.766. The maximum Gasteiger partial charge on any atom is 0.262 e. The van der Waals surface area contributed by atoms with Gasteiger partial charge >= 0.3 is 0 Å². The molecule has 0 fully saturated rings. The lowest BCUT2D eigenvalue weighted by atomic mass is 9.98. The summed E-state index contributed by atoms with van der Waals surface area (Å²) in [6, 6.07) is 26.0. The van der Waals surface area contributed by atoms with Gasteiger partial charge in [0.1, 0.15) is 5.25 Å². The molecule has 6 nitrogen and oxygen atoms in total. The van der Waals surface area contributed by atoms with E-state index in [0.717, 1.165) is 28.1 Å². The number of aliphatic imine (C=N–C) groups is 1. The lowest BCUT2D eigenvalue weighted by molar-refractivity contribution is -0.121. The first-order valence-electron chi connectivity index (χ1n) is 11.6. The first kappa shape index (κ1) is 23.1. The molecule has 35 heavy (non-hydrogen) atoms. The molecule has 2 atom stereocenters. The second-order valence-corrected chi connectivity index (χ2v) is 9.96. The quantitative estimate of drug-likeness (QED) is 0.523. The fourth-order valence-electron chi connectivity index (χ4n) is 4.23. The minimum Gasteiger partial charge on any atom is -0.326 e. The third kappa shape index (κ3) is 5.05. The van der Waals surface area contributed by atoms with Gasteiger partial charge in [-0.25, -0.2) is 5.01 Å². The number of carbonyl (C=O) groups excluding carboxylic acids is 2. The smallest absolute Gasteiger partial charge is 0.262 e. The first-order chi connectivity index (χ1) is 17.0. The van der Waals surface area contributed by atoms with Crippen LogP contribution in [-0.4, -0.2) is 33.0 Å². The molecule has 0 spiro atoms. The molecule has 2 heterocycles. The van der Waals surface area contributed by atoms with Crippen LogP contribution in [0.3, 0.4) is 0 Å². The van der Waals surface area contributed by atoms with Gasteiger partial charge in [-0.1, -0.05) is 90.1 Å². The van der Waals surface area contributed by atoms with Crippen molar-refractivity contribution in [1.29, 1.82) is 0 Å². The monoisotopic (exact) mass is 482 g/mol. The SMILES string of the molecule is Cc1ccc([C@H]2CC(c3ccccc3)=NN2C2=NC(=O)[C@@H](CC(=O)Nc3ccccc3C)S2)cc1. The Hall–Kier alpha value is -3.71. The van der Waals surface area contributed by atoms with Crippen molar-refractivity contribution < 1.29 is 9.59 Å². The summed E-state index contributed by atoms with van der Waals surface area (Å²) >= 11 is 1.32. The van der Waals surface area contributed by atoms with E-state index in [-0.39, 0.29) is 24.3 Å². The van der Waals surface area contributed by atoms with E-state index < -0.39 is 5.25 Å². The Morgan fingerprint density at radius 1 is 1.00 bits per heavy atom. The molecule has 0 unspecified atom stereocenters. The second-order valence-electron chi connectivity index (χ2n) is 8.79. The molecule has 0 saturated carbocycles. The number of benzene rings is 3. The highest BCUT2D eigenvalue weighted by molar-refractivity contribution is 8.15. The zero-order valence-electron chi connectivity index (χ0n) is 19.6. The number of carbonyl (C=O) groups is 2. The van der Waals surface area contributed by atoms with Crippen LogP contribution in [0.25, 0.3) is 0 Å². The van der Waals surface area contributed by atoms with Crippen molar-refractivity contribution in [3.63, 3.8) is 0 Å². The van der Waals surface area contributed by atoms with E-state index in [4.69, 9.17) is 5.10 Å². The van der Waals surface area contributed by atoms with Crippen molar-refractivity contribution in [2.75, 3.05) is 5.32 Å². The summed E-state index contributed by atoms with van der Waals surface area (Å²) in [4.78, 5) is 29.8. The van der Waals surface area contributed by atoms with E-state index in [9.17, 15) is 9.59 Å². The van der Waals surface area contributed by atoms with Crippen molar-refractivity contribution in [3.05, 3.63) is 101 Å². The standard InChI is InChI=1S/C28H26N4O2S/c1-18-12-14-21(15-13-18)24-16-23(20-9-4-3-5-10-20)31-32(24)28-30-27(34)25(35-28)17-26(33)29-22-11-7-6-8-19(22)2/h3-15,24-25H,16-17H2,1-2H3,(H,29,33)/t24-,25-/m1/s1. The van der Waals surface area contributed by atoms with Gasteiger partial charge in [-0.3, -0.25) is 9.59 Å². The molecule has 2 amide bonds. The van der Waals surface area contributed by atoms with Crippen LogP contribution >= 0.6 is 11.8 Å². The van der Waals surface area contributed by atoms with E-state index in [1.807, 2.05) is 66.5 Å². The van der Waals surface area contributed by atoms with E-state index in [2.05, 4.69) is 41.5 Å². The van der Waals surface area contributed by atoms with E-state index in [1.54, 1.807) is 0 Å². The number of amides is 2. The van der Waals surface area contributed by atoms with Gasteiger partial charge < -0.3 is 5.32 Å². The summed E-state index contributed by atoms with van der Waals surface area (Å²) in [7, 11) is 0. The van der Waals surface area contributed by atoms with Gasteiger partial charge in [0, 0.05) is 18.5 Å². The highest BCUT2D eigenvalue weighted by Gasteiger charge is 2.39. The zero-order valence-corrected chi connectivity index (χ0v) is 20.5. The van der Waals surface area contributed by atoms with Crippen molar-refractivity contribution in [2.24, 2.45) is 10.1 Å². The molecule has 7 heteroatoms. The predicted molar refractivity (Wildman–Crippen MR) is 142 cm³/mol. The normalized spacial score (nSPS) is 19.5. The maximum absolute atomic E-state index is 12.8. The van der Waals surface area contributed by atoms with Gasteiger partial charge in [-0.05, 0) is 36.6 Å². The van der Waals surface area contributed by atoms with Gasteiger partial charge in [-0.2, -0.15) is 10.1 Å². The molecular weight excluding hydrogens is 456 g/mol. The van der Waals surface area contributed by atoms with E-state index >= 15 is 0 Å². The highest BCUT2D eigenvalue weighted by atomic mass is 32.2. The number of anilines is 1. The predicted octanol–water partition coefficient (Wildman–Crippen LogP) is 5.48. The van der Waals surface area contributed by atoms with Gasteiger partial charge in [0.15, 0.2) is 5.17 Å². The Bertz CT molecular complexity index is 1320. The third-order valence-electron chi connectivity index (χ3n) is 6.19. The number of rotatable bonds is 5. The lowest BCUT2D eigenvalue weighted by Gasteiger charge is -2.23. The Balaban J connectivity index is 1.35. The van der Waals surface area contributed by atoms with Crippen LogP contribution in [0.4, 0.5) is 5.69 Å². The summed E-state index contributed by atoms with van der Waals surface area (Å²) in [5.41, 5.74) is 6.03. The summed E-state index contributed by atoms with van der Waals surface area (Å²) in [6.45, 7) is 4.00. The maximum atomic E-state index is 12.8. The lowest BCUT2D eigenvalue weighted by Crippen LogP contribution is -2.25. The van der Waals surface area contributed by atoms with Crippen molar-refractivity contribution in [2.45, 2.75) is 38.0 Å². The Morgan fingerprint density at radius 2 is 1.71 bits per heavy atom. The topological polar surface area (TPSA) is 74.1 Å². The molecule has 3 aromatic rings. The van der Waals surface area contributed by atoms with Crippen molar-refractivity contribution >= 4 is 40.1 Å². The fraction of sp³-hybridized carbons (Fsp3) is 0.214. The molecule has 0 bridgehead atoms. The van der Waals surface area contributed by atoms with Gasteiger partial charge in [0.05, 0.1) is 11.8 Å². The van der Waals surface area contributed by atoms with Crippen LogP contribution in [0.5, 0.6) is 0 Å². The van der Waals surface area contributed by atoms with Crippen LogP contribution in [-0.2, 0) is 9.59 Å². The number of aryl methyl sites for hydroxylation is 2. The Morgan fingerprint density at radius 3 is 2.46 bits per heavy atom. The molecule has 176 valence electrons. The van der Waals surface area contributed by atoms with Crippen LogP contribution in [0.1, 0.15) is 41.1 Å². The number of hydrazone groups is 1. The molecule has 1 N–H and O–H groups in total. The van der Waals surface area contributed by atoms with Crippen molar-refractivity contribution in [1.82, 2.24) is 5.01 Å². The fourth-order valence-corrected chi connectivity index (χ4v) is 5.29. The second kappa shape index (κ2) is 9.88. The molecule has 0 aliphatic carbocycles. The molecule has 2 aliphatic rings. The van der Waals surface area contributed by atoms with Crippen LogP contribution in [0, 0.1) is 13.8 Å². The van der Waals surface area contributed by atoms with E-state index in [1.165, 1.54) is 17.3 Å².